The van der Waals surface area contributed by atoms with Gasteiger partial charge in [0, 0.05) is 4.88 Å². The number of benzene rings is 1. The third-order valence-electron chi connectivity index (χ3n) is 4.11. The van der Waals surface area contributed by atoms with Crippen molar-refractivity contribution in [3.63, 3.8) is 0 Å². The Hall–Kier alpha value is -1.81. The van der Waals surface area contributed by atoms with Crippen LogP contribution in [0.15, 0.2) is 48.6 Å². The van der Waals surface area contributed by atoms with Gasteiger partial charge in [-0.05, 0) is 48.1 Å². The number of rotatable bonds is 2. The summed E-state index contributed by atoms with van der Waals surface area (Å²) in [6.45, 7) is 4.12. The number of aryl methyl sites for hydroxylation is 1. The molecule has 23 heavy (non-hydrogen) atoms. The van der Waals surface area contributed by atoms with Crippen LogP contribution in [-0.4, -0.2) is 0 Å². The van der Waals surface area contributed by atoms with Gasteiger partial charge in [0.15, 0.2) is 0 Å². The minimum absolute atomic E-state index is 0.205. The average molecular weight is 334 g/mol. The summed E-state index contributed by atoms with van der Waals surface area (Å²) in [7, 11) is 0. The minimum Gasteiger partial charge on any atom is -0.165 e. The summed E-state index contributed by atoms with van der Waals surface area (Å²) in [6.07, 6.45) is 0.584. The fraction of sp³-hybridized carbons (Fsp3) is 0.263. The standard InChI is InChI=1S/C19H17F3S/c1-12-3-5-14(6-4-12)15-7-8-16(13(2)11-15)17-9-10-18(23-17)19(20,21)22/h3-10,13H,11H2,1-2H3. The van der Waals surface area contributed by atoms with Crippen LogP contribution in [-0.2, 0) is 6.18 Å². The molecule has 0 spiro atoms. The first-order chi connectivity index (χ1) is 10.8. The van der Waals surface area contributed by atoms with Crippen molar-refractivity contribution in [2.75, 3.05) is 0 Å². The molecule has 0 amide bonds. The highest BCUT2D eigenvalue weighted by atomic mass is 32.1. The molecule has 0 N–H and O–H groups in total. The van der Waals surface area contributed by atoms with Gasteiger partial charge >= 0.3 is 6.18 Å². The molecule has 1 heterocycles. The van der Waals surface area contributed by atoms with Gasteiger partial charge in [0.2, 0.25) is 0 Å². The molecule has 0 saturated carbocycles. The second kappa shape index (κ2) is 6.00. The number of halogens is 3. The van der Waals surface area contributed by atoms with Crippen LogP contribution >= 0.6 is 11.3 Å². The van der Waals surface area contributed by atoms with Gasteiger partial charge < -0.3 is 0 Å². The second-order valence-electron chi connectivity index (χ2n) is 5.95. The number of hydrogen-bond donors (Lipinski definition) is 0. The number of thiophene rings is 1. The predicted molar refractivity (Wildman–Crippen MR) is 90.2 cm³/mol. The first-order valence-electron chi connectivity index (χ1n) is 7.50. The van der Waals surface area contributed by atoms with Crippen LogP contribution < -0.4 is 0 Å². The molecule has 0 radical (unpaired) electrons. The molecule has 3 rings (SSSR count). The Balaban J connectivity index is 1.90. The first kappa shape index (κ1) is 16.1. The van der Waals surface area contributed by atoms with E-state index in [1.807, 2.05) is 12.2 Å². The molecule has 120 valence electrons. The molecular weight excluding hydrogens is 317 g/mol. The maximum absolute atomic E-state index is 12.8. The van der Waals surface area contributed by atoms with Crippen LogP contribution in [0.25, 0.3) is 11.1 Å². The Morgan fingerprint density at radius 2 is 1.70 bits per heavy atom. The van der Waals surface area contributed by atoms with Gasteiger partial charge in [-0.1, -0.05) is 48.9 Å². The van der Waals surface area contributed by atoms with Crippen LogP contribution in [0, 0.1) is 12.8 Å². The smallest absolute Gasteiger partial charge is 0.165 e. The third kappa shape index (κ3) is 3.42. The highest BCUT2D eigenvalue weighted by Gasteiger charge is 2.33. The molecule has 0 nitrogen and oxygen atoms in total. The van der Waals surface area contributed by atoms with Gasteiger partial charge in [0.05, 0.1) is 0 Å². The molecule has 2 aromatic rings. The van der Waals surface area contributed by atoms with Crippen molar-refractivity contribution in [2.24, 2.45) is 5.92 Å². The van der Waals surface area contributed by atoms with Gasteiger partial charge in [-0.3, -0.25) is 0 Å². The van der Waals surface area contributed by atoms with E-state index in [0.717, 1.165) is 23.3 Å². The van der Waals surface area contributed by atoms with Gasteiger partial charge in [-0.25, -0.2) is 0 Å². The van der Waals surface area contributed by atoms with Crippen molar-refractivity contribution >= 4 is 22.5 Å². The fourth-order valence-electron chi connectivity index (χ4n) is 2.81. The zero-order valence-electron chi connectivity index (χ0n) is 12.9. The summed E-state index contributed by atoms with van der Waals surface area (Å²) in [5, 5.41) is 0. The van der Waals surface area contributed by atoms with Crippen LogP contribution in [0.3, 0.4) is 0 Å². The summed E-state index contributed by atoms with van der Waals surface area (Å²) >= 11 is 0.827. The van der Waals surface area contributed by atoms with Gasteiger partial charge in [0.1, 0.15) is 4.88 Å². The lowest BCUT2D eigenvalue weighted by molar-refractivity contribution is -0.134. The third-order valence-corrected chi connectivity index (χ3v) is 5.29. The van der Waals surface area contributed by atoms with Crippen LogP contribution in [0.1, 0.15) is 34.2 Å². The Morgan fingerprint density at radius 3 is 2.26 bits per heavy atom. The SMILES string of the molecule is Cc1ccc(C2=CC=C(c3ccc(C(F)(F)F)s3)C(C)C2)cc1. The summed E-state index contributed by atoms with van der Waals surface area (Å²) in [4.78, 5) is 0.179. The summed E-state index contributed by atoms with van der Waals surface area (Å²) in [5.74, 6) is 0.205. The molecule has 0 aliphatic heterocycles. The maximum atomic E-state index is 12.8. The highest BCUT2D eigenvalue weighted by Crippen LogP contribution is 2.42. The molecule has 1 unspecified atom stereocenters. The Labute approximate surface area is 138 Å². The van der Waals surface area contributed by atoms with E-state index in [0.29, 0.717) is 4.88 Å². The molecule has 0 saturated heterocycles. The van der Waals surface area contributed by atoms with E-state index in [4.69, 9.17) is 0 Å². The largest absolute Gasteiger partial charge is 0.425 e. The van der Waals surface area contributed by atoms with Gasteiger partial charge in [-0.2, -0.15) is 13.2 Å². The normalized spacial score (nSPS) is 18.6. The molecule has 1 aromatic carbocycles. The van der Waals surface area contributed by atoms with Crippen molar-refractivity contribution in [1.29, 1.82) is 0 Å². The van der Waals surface area contributed by atoms with Crippen molar-refractivity contribution in [3.05, 3.63) is 69.4 Å². The van der Waals surface area contributed by atoms with Crippen LogP contribution in [0.2, 0.25) is 0 Å². The Kier molecular flexibility index (Phi) is 4.19. The molecule has 4 heteroatoms. The Morgan fingerprint density at radius 1 is 1.00 bits per heavy atom. The lowest BCUT2D eigenvalue weighted by Crippen LogP contribution is -2.04. The summed E-state index contributed by atoms with van der Waals surface area (Å²) < 4.78 is 38.3. The molecule has 0 fully saturated rings. The molecule has 0 bridgehead atoms. The van der Waals surface area contributed by atoms with E-state index >= 15 is 0 Å². The quantitative estimate of drug-likeness (QED) is 0.582. The molecule has 1 aromatic heterocycles. The topological polar surface area (TPSA) is 0 Å². The number of alkyl halides is 3. The number of hydrogen-bond acceptors (Lipinski definition) is 1. The minimum atomic E-state index is -4.26. The molecule has 1 atom stereocenters. The maximum Gasteiger partial charge on any atom is 0.425 e. The van der Waals surface area contributed by atoms with Crippen molar-refractivity contribution in [2.45, 2.75) is 26.4 Å². The van der Waals surface area contributed by atoms with E-state index in [1.165, 1.54) is 22.8 Å². The van der Waals surface area contributed by atoms with Crippen LogP contribution in [0.5, 0.6) is 0 Å². The average Bonchev–Trinajstić information content (AvgIpc) is 2.97. The van der Waals surface area contributed by atoms with Crippen LogP contribution in [0.4, 0.5) is 13.2 Å². The first-order valence-corrected chi connectivity index (χ1v) is 8.31. The molecular formula is C19H17F3S. The lowest BCUT2D eigenvalue weighted by atomic mass is 9.85. The van der Waals surface area contributed by atoms with Gasteiger partial charge in [0.25, 0.3) is 0 Å². The second-order valence-corrected chi connectivity index (χ2v) is 7.03. The Bertz CT molecular complexity index is 761. The lowest BCUT2D eigenvalue weighted by Gasteiger charge is -2.21. The zero-order chi connectivity index (χ0) is 16.6. The van der Waals surface area contributed by atoms with E-state index < -0.39 is 11.1 Å². The van der Waals surface area contributed by atoms with Crippen molar-refractivity contribution in [3.8, 4) is 0 Å². The van der Waals surface area contributed by atoms with Gasteiger partial charge in [-0.15, -0.1) is 11.3 Å². The summed E-state index contributed by atoms with van der Waals surface area (Å²) in [5.41, 5.74) is 4.61. The van der Waals surface area contributed by atoms with E-state index in [1.54, 1.807) is 6.07 Å². The zero-order valence-corrected chi connectivity index (χ0v) is 13.8. The van der Waals surface area contributed by atoms with Crippen molar-refractivity contribution < 1.29 is 13.2 Å². The van der Waals surface area contributed by atoms with E-state index in [9.17, 15) is 13.2 Å². The number of allylic oxidation sites excluding steroid dienone is 4. The monoisotopic (exact) mass is 334 g/mol. The van der Waals surface area contributed by atoms with E-state index in [2.05, 4.69) is 38.1 Å². The molecule has 1 aliphatic rings. The molecule has 1 aliphatic carbocycles. The summed E-state index contributed by atoms with van der Waals surface area (Å²) in [6, 6.07) is 11.1. The predicted octanol–water partition coefficient (Wildman–Crippen LogP) is 6.58. The van der Waals surface area contributed by atoms with E-state index in [-0.39, 0.29) is 5.92 Å². The fourth-order valence-corrected chi connectivity index (χ4v) is 3.83. The van der Waals surface area contributed by atoms with Crippen molar-refractivity contribution in [1.82, 2.24) is 0 Å². The highest BCUT2D eigenvalue weighted by molar-refractivity contribution is 7.13.